The van der Waals surface area contributed by atoms with Crippen LogP contribution in [0.25, 0.3) is 0 Å². The highest BCUT2D eigenvalue weighted by molar-refractivity contribution is 6.02. The minimum absolute atomic E-state index is 0.0810. The molecule has 5 nitrogen and oxygen atoms in total. The molecule has 0 aliphatic carbocycles. The normalized spacial score (nSPS) is 17.4. The number of benzene rings is 1. The standard InChI is InChI=1S/C16H23N3O2/c1-11(2)17-16(20)19(4)10-13-9-15(18-21-13)14-8-6-5-7-12(14)3/h5-8,11,13H,9-10H2,1-4H3,(H,17,20). The van der Waals surface area contributed by atoms with E-state index in [1.54, 1.807) is 11.9 Å². The van der Waals surface area contributed by atoms with Crippen LogP contribution >= 0.6 is 0 Å². The lowest BCUT2D eigenvalue weighted by molar-refractivity contribution is 0.0655. The summed E-state index contributed by atoms with van der Waals surface area (Å²) in [6.45, 7) is 6.47. The quantitative estimate of drug-likeness (QED) is 0.926. The molecule has 2 amide bonds. The SMILES string of the molecule is Cc1ccccc1C1=NOC(CN(C)C(=O)NC(C)C)C1. The fourth-order valence-electron chi connectivity index (χ4n) is 2.33. The van der Waals surface area contributed by atoms with Gasteiger partial charge in [0.05, 0.1) is 12.3 Å². The van der Waals surface area contributed by atoms with Gasteiger partial charge in [0.2, 0.25) is 0 Å². The van der Waals surface area contributed by atoms with Gasteiger partial charge in [0.25, 0.3) is 0 Å². The lowest BCUT2D eigenvalue weighted by Crippen LogP contribution is -2.43. The Kier molecular flexibility index (Phi) is 4.83. The van der Waals surface area contributed by atoms with Crippen LogP contribution in [0.1, 0.15) is 31.4 Å². The van der Waals surface area contributed by atoms with Gasteiger partial charge in [-0.15, -0.1) is 0 Å². The second kappa shape index (κ2) is 6.61. The number of oxime groups is 1. The number of hydrogen-bond donors (Lipinski definition) is 1. The van der Waals surface area contributed by atoms with Crippen LogP contribution in [0.3, 0.4) is 0 Å². The van der Waals surface area contributed by atoms with Crippen LogP contribution in [-0.4, -0.2) is 42.4 Å². The third-order valence-electron chi connectivity index (χ3n) is 3.43. The van der Waals surface area contributed by atoms with Gasteiger partial charge in [0.1, 0.15) is 0 Å². The Morgan fingerprint density at radius 2 is 2.19 bits per heavy atom. The van der Waals surface area contributed by atoms with E-state index >= 15 is 0 Å². The second-order valence-corrected chi connectivity index (χ2v) is 5.77. The molecule has 1 unspecified atom stereocenters. The molecule has 0 bridgehead atoms. The third-order valence-corrected chi connectivity index (χ3v) is 3.43. The molecule has 0 saturated carbocycles. The summed E-state index contributed by atoms with van der Waals surface area (Å²) in [4.78, 5) is 19.0. The van der Waals surface area contributed by atoms with Gasteiger partial charge in [-0.05, 0) is 26.3 Å². The molecular weight excluding hydrogens is 266 g/mol. The maximum absolute atomic E-state index is 11.9. The summed E-state index contributed by atoms with van der Waals surface area (Å²) in [6, 6.07) is 8.17. The number of likely N-dealkylation sites (N-methyl/N-ethyl adjacent to an activating group) is 1. The second-order valence-electron chi connectivity index (χ2n) is 5.77. The van der Waals surface area contributed by atoms with Crippen LogP contribution in [0.2, 0.25) is 0 Å². The van der Waals surface area contributed by atoms with Crippen LogP contribution in [-0.2, 0) is 4.84 Å². The molecule has 0 fully saturated rings. The van der Waals surface area contributed by atoms with Gasteiger partial charge in [-0.25, -0.2) is 4.79 Å². The van der Waals surface area contributed by atoms with Gasteiger partial charge in [-0.1, -0.05) is 29.4 Å². The lowest BCUT2D eigenvalue weighted by atomic mass is 10.0. The van der Waals surface area contributed by atoms with Crippen LogP contribution in [0, 0.1) is 6.92 Å². The van der Waals surface area contributed by atoms with E-state index in [9.17, 15) is 4.79 Å². The first kappa shape index (κ1) is 15.4. The van der Waals surface area contributed by atoms with Gasteiger partial charge in [-0.2, -0.15) is 0 Å². The molecule has 2 rings (SSSR count). The molecule has 1 heterocycles. The first-order valence-electron chi connectivity index (χ1n) is 7.27. The van der Waals surface area contributed by atoms with Crippen molar-refractivity contribution in [3.05, 3.63) is 35.4 Å². The van der Waals surface area contributed by atoms with Crippen LogP contribution in [0.15, 0.2) is 29.4 Å². The molecule has 1 N–H and O–H groups in total. The highest BCUT2D eigenvalue weighted by Gasteiger charge is 2.25. The van der Waals surface area contributed by atoms with Gasteiger partial charge in [0.15, 0.2) is 6.10 Å². The van der Waals surface area contributed by atoms with Crippen molar-refractivity contribution in [1.29, 1.82) is 0 Å². The molecule has 0 saturated heterocycles. The highest BCUT2D eigenvalue weighted by atomic mass is 16.6. The minimum Gasteiger partial charge on any atom is -0.390 e. The monoisotopic (exact) mass is 289 g/mol. The lowest BCUT2D eigenvalue weighted by Gasteiger charge is -2.21. The Morgan fingerprint density at radius 1 is 1.48 bits per heavy atom. The number of carbonyl (C=O) groups excluding carboxylic acids is 1. The first-order valence-corrected chi connectivity index (χ1v) is 7.27. The molecule has 1 atom stereocenters. The maximum atomic E-state index is 11.9. The molecule has 1 aromatic rings. The zero-order valence-electron chi connectivity index (χ0n) is 13.1. The maximum Gasteiger partial charge on any atom is 0.317 e. The van der Waals surface area contributed by atoms with Crippen molar-refractivity contribution in [1.82, 2.24) is 10.2 Å². The van der Waals surface area contributed by atoms with E-state index in [4.69, 9.17) is 4.84 Å². The van der Waals surface area contributed by atoms with Gasteiger partial charge < -0.3 is 15.1 Å². The summed E-state index contributed by atoms with van der Waals surface area (Å²) >= 11 is 0. The van der Waals surface area contributed by atoms with Gasteiger partial charge in [0, 0.05) is 25.1 Å². The average Bonchev–Trinajstić information content (AvgIpc) is 2.86. The van der Waals surface area contributed by atoms with Crippen molar-refractivity contribution in [3.8, 4) is 0 Å². The van der Waals surface area contributed by atoms with Crippen molar-refractivity contribution in [2.75, 3.05) is 13.6 Å². The van der Waals surface area contributed by atoms with Crippen LogP contribution < -0.4 is 5.32 Å². The molecule has 5 heteroatoms. The Morgan fingerprint density at radius 3 is 2.86 bits per heavy atom. The molecule has 0 radical (unpaired) electrons. The summed E-state index contributed by atoms with van der Waals surface area (Å²) in [6.07, 6.45) is 0.645. The van der Waals surface area contributed by atoms with Crippen molar-refractivity contribution in [3.63, 3.8) is 0 Å². The molecule has 114 valence electrons. The largest absolute Gasteiger partial charge is 0.390 e. The van der Waals surface area contributed by atoms with Crippen LogP contribution in [0.4, 0.5) is 4.79 Å². The number of carbonyl (C=O) groups is 1. The van der Waals surface area contributed by atoms with Crippen molar-refractivity contribution in [2.45, 2.75) is 39.3 Å². The topological polar surface area (TPSA) is 53.9 Å². The fourth-order valence-corrected chi connectivity index (χ4v) is 2.33. The zero-order valence-corrected chi connectivity index (χ0v) is 13.1. The molecule has 1 aliphatic heterocycles. The number of nitrogens with zero attached hydrogens (tertiary/aromatic N) is 2. The third kappa shape index (κ3) is 3.97. The number of hydrogen-bond acceptors (Lipinski definition) is 3. The van der Waals surface area contributed by atoms with E-state index in [2.05, 4.69) is 29.5 Å². The number of aryl methyl sites for hydroxylation is 1. The number of nitrogens with one attached hydrogen (secondary N) is 1. The van der Waals surface area contributed by atoms with E-state index < -0.39 is 0 Å². The zero-order chi connectivity index (χ0) is 15.4. The summed E-state index contributed by atoms with van der Waals surface area (Å²) in [7, 11) is 1.77. The molecular formula is C16H23N3O2. The van der Waals surface area contributed by atoms with E-state index in [0.717, 1.165) is 17.7 Å². The molecule has 21 heavy (non-hydrogen) atoms. The summed E-state index contributed by atoms with van der Waals surface area (Å²) in [5.41, 5.74) is 3.26. The Labute approximate surface area is 126 Å². The predicted octanol–water partition coefficient (Wildman–Crippen LogP) is 2.54. The minimum atomic E-state index is -0.0852. The van der Waals surface area contributed by atoms with E-state index in [1.807, 2.05) is 26.0 Å². The first-order chi connectivity index (χ1) is 9.97. The fraction of sp³-hybridized carbons (Fsp3) is 0.500. The van der Waals surface area contributed by atoms with E-state index in [-0.39, 0.29) is 18.2 Å². The summed E-state index contributed by atoms with van der Waals surface area (Å²) in [5, 5.41) is 7.04. The Hall–Kier alpha value is -2.04. The van der Waals surface area contributed by atoms with E-state index in [1.165, 1.54) is 5.56 Å². The molecule has 0 aromatic heterocycles. The van der Waals surface area contributed by atoms with Crippen LogP contribution in [0.5, 0.6) is 0 Å². The molecule has 0 spiro atoms. The Bertz CT molecular complexity index is 540. The number of amides is 2. The van der Waals surface area contributed by atoms with Crippen molar-refractivity contribution in [2.24, 2.45) is 5.16 Å². The van der Waals surface area contributed by atoms with Gasteiger partial charge in [-0.3, -0.25) is 0 Å². The van der Waals surface area contributed by atoms with Crippen molar-refractivity contribution >= 4 is 11.7 Å². The summed E-state index contributed by atoms with van der Waals surface area (Å²) < 4.78 is 0. The van der Waals surface area contributed by atoms with E-state index in [0.29, 0.717) is 6.54 Å². The molecule has 1 aliphatic rings. The number of rotatable bonds is 4. The predicted molar refractivity (Wildman–Crippen MR) is 83.5 cm³/mol. The van der Waals surface area contributed by atoms with Crippen molar-refractivity contribution < 1.29 is 9.63 Å². The van der Waals surface area contributed by atoms with Gasteiger partial charge >= 0.3 is 6.03 Å². The molecule has 1 aromatic carbocycles. The Balaban J connectivity index is 1.90. The smallest absolute Gasteiger partial charge is 0.317 e. The highest BCUT2D eigenvalue weighted by Crippen LogP contribution is 2.19. The summed E-state index contributed by atoms with van der Waals surface area (Å²) in [5.74, 6) is 0. The average molecular weight is 289 g/mol. The number of urea groups is 1.